The third-order valence-corrected chi connectivity index (χ3v) is 4.67. The molecule has 0 bridgehead atoms. The molecule has 10 heteroatoms. The van der Waals surface area contributed by atoms with Crippen molar-refractivity contribution in [2.75, 3.05) is 11.6 Å². The molecule has 1 aromatic carbocycles. The Morgan fingerprint density at radius 2 is 1.93 bits per heavy atom. The van der Waals surface area contributed by atoms with Gasteiger partial charge in [0, 0.05) is 45.8 Å². The summed E-state index contributed by atoms with van der Waals surface area (Å²) in [6.45, 7) is 0. The molecule has 146 valence electrons. The van der Waals surface area contributed by atoms with E-state index in [0.29, 0.717) is 16.3 Å². The Hall–Kier alpha value is -2.52. The highest BCUT2D eigenvalue weighted by Gasteiger charge is 2.34. The molecular formula is C18H14ClF3N4OS. The van der Waals surface area contributed by atoms with Crippen molar-refractivity contribution in [3.8, 4) is 11.5 Å². The predicted octanol–water partition coefficient (Wildman–Crippen LogP) is 4.83. The van der Waals surface area contributed by atoms with Crippen LogP contribution in [0, 0.1) is 0 Å². The van der Waals surface area contributed by atoms with Crippen molar-refractivity contribution in [2.24, 2.45) is 0 Å². The van der Waals surface area contributed by atoms with Crippen LogP contribution in [0.4, 0.5) is 24.7 Å². The monoisotopic (exact) mass is 426 g/mol. The minimum Gasteiger partial charge on any atom is -0.340 e. The number of pyridine rings is 1. The van der Waals surface area contributed by atoms with E-state index >= 15 is 0 Å². The molecule has 0 spiro atoms. The molecule has 0 amide bonds. The van der Waals surface area contributed by atoms with Gasteiger partial charge in [-0.1, -0.05) is 17.7 Å². The smallest absolute Gasteiger partial charge is 0.340 e. The van der Waals surface area contributed by atoms with Crippen molar-refractivity contribution in [3.05, 3.63) is 64.9 Å². The van der Waals surface area contributed by atoms with Crippen LogP contribution in [0.5, 0.6) is 0 Å². The third kappa shape index (κ3) is 5.05. The predicted molar refractivity (Wildman–Crippen MR) is 103 cm³/mol. The van der Waals surface area contributed by atoms with E-state index in [1.54, 1.807) is 30.3 Å². The first-order chi connectivity index (χ1) is 13.2. The zero-order valence-electron chi connectivity index (χ0n) is 14.5. The summed E-state index contributed by atoms with van der Waals surface area (Å²) in [6.07, 6.45) is -1.66. The average molecular weight is 427 g/mol. The molecule has 0 aliphatic carbocycles. The molecule has 1 N–H and O–H groups in total. The van der Waals surface area contributed by atoms with Crippen molar-refractivity contribution in [1.82, 2.24) is 15.0 Å². The van der Waals surface area contributed by atoms with Crippen LogP contribution < -0.4 is 5.32 Å². The second-order valence-electron chi connectivity index (χ2n) is 5.82. The van der Waals surface area contributed by atoms with Crippen molar-refractivity contribution >= 4 is 33.9 Å². The molecule has 0 saturated heterocycles. The van der Waals surface area contributed by atoms with Gasteiger partial charge in [-0.05, 0) is 35.9 Å². The van der Waals surface area contributed by atoms with Gasteiger partial charge in [0.05, 0.1) is 0 Å². The molecule has 0 aliphatic rings. The first-order valence-electron chi connectivity index (χ1n) is 7.95. The molecule has 0 fully saturated rings. The maximum Gasteiger partial charge on any atom is 0.433 e. The van der Waals surface area contributed by atoms with Crippen LogP contribution in [0.2, 0.25) is 5.02 Å². The van der Waals surface area contributed by atoms with Gasteiger partial charge in [0.15, 0.2) is 11.5 Å². The largest absolute Gasteiger partial charge is 0.433 e. The van der Waals surface area contributed by atoms with Gasteiger partial charge in [-0.25, -0.2) is 9.97 Å². The standard InChI is InChI=1S/C18H14ClF3N4OS/c1-28(27)10-11-8-12(5-6-13(11)19)24-16-9-15(18(20,21)22)25-17(26-16)14-4-2-3-7-23-14/h2-9H,10H2,1H3,(H,24,25,26). The van der Waals surface area contributed by atoms with Crippen LogP contribution in [0.1, 0.15) is 11.3 Å². The lowest BCUT2D eigenvalue weighted by atomic mass is 10.2. The maximum atomic E-state index is 13.3. The van der Waals surface area contributed by atoms with E-state index in [0.717, 1.165) is 6.07 Å². The summed E-state index contributed by atoms with van der Waals surface area (Å²) < 4.78 is 51.3. The van der Waals surface area contributed by atoms with E-state index in [2.05, 4.69) is 20.3 Å². The van der Waals surface area contributed by atoms with Crippen molar-refractivity contribution < 1.29 is 17.4 Å². The minimum absolute atomic E-state index is 0.0473. The fraction of sp³-hybridized carbons (Fsp3) is 0.167. The number of alkyl halides is 3. The number of rotatable bonds is 5. The topological polar surface area (TPSA) is 67.8 Å². The molecule has 28 heavy (non-hydrogen) atoms. The zero-order valence-corrected chi connectivity index (χ0v) is 16.1. The van der Waals surface area contributed by atoms with Gasteiger partial charge in [0.25, 0.3) is 0 Å². The van der Waals surface area contributed by atoms with Crippen molar-refractivity contribution in [3.63, 3.8) is 0 Å². The summed E-state index contributed by atoms with van der Waals surface area (Å²) in [5.41, 5.74) is 0.204. The molecule has 3 rings (SSSR count). The molecule has 2 aromatic heterocycles. The summed E-state index contributed by atoms with van der Waals surface area (Å²) in [5.74, 6) is 0.0288. The van der Waals surface area contributed by atoms with E-state index in [1.807, 2.05) is 0 Å². The Labute approximate surface area is 166 Å². The average Bonchev–Trinajstić information content (AvgIpc) is 2.64. The highest BCUT2D eigenvalue weighted by atomic mass is 35.5. The Morgan fingerprint density at radius 1 is 1.14 bits per heavy atom. The van der Waals surface area contributed by atoms with Crippen LogP contribution in [0.15, 0.2) is 48.7 Å². The molecule has 0 radical (unpaired) electrons. The quantitative estimate of drug-likeness (QED) is 0.632. The number of halogens is 4. The normalized spacial score (nSPS) is 12.6. The van der Waals surface area contributed by atoms with Gasteiger partial charge >= 0.3 is 6.18 Å². The summed E-state index contributed by atoms with van der Waals surface area (Å²) in [6, 6.07) is 10.4. The molecule has 1 atom stereocenters. The number of hydrogen-bond donors (Lipinski definition) is 1. The van der Waals surface area contributed by atoms with Gasteiger partial charge in [-0.15, -0.1) is 0 Å². The lowest BCUT2D eigenvalue weighted by Crippen LogP contribution is -2.11. The molecular weight excluding hydrogens is 413 g/mol. The van der Waals surface area contributed by atoms with Crippen LogP contribution in [-0.4, -0.2) is 25.4 Å². The maximum absolute atomic E-state index is 13.3. The summed E-state index contributed by atoms with van der Waals surface area (Å²) >= 11 is 6.09. The van der Waals surface area contributed by atoms with Gasteiger partial charge in [-0.2, -0.15) is 13.2 Å². The van der Waals surface area contributed by atoms with E-state index in [4.69, 9.17) is 11.6 Å². The Kier molecular flexibility index (Phi) is 5.95. The number of nitrogens with one attached hydrogen (secondary N) is 1. The lowest BCUT2D eigenvalue weighted by Gasteiger charge is -2.13. The van der Waals surface area contributed by atoms with E-state index < -0.39 is 22.7 Å². The van der Waals surface area contributed by atoms with E-state index in [1.165, 1.54) is 18.5 Å². The molecule has 3 aromatic rings. The van der Waals surface area contributed by atoms with Crippen LogP contribution in [-0.2, 0) is 22.7 Å². The Bertz CT molecular complexity index is 1020. The SMILES string of the molecule is CS(=O)Cc1cc(Nc2cc(C(F)(F)F)nc(-c3ccccn3)n2)ccc1Cl. The molecule has 5 nitrogen and oxygen atoms in total. The summed E-state index contributed by atoms with van der Waals surface area (Å²) in [7, 11) is -1.12. The molecule has 0 aliphatic heterocycles. The first-order valence-corrected chi connectivity index (χ1v) is 10.1. The summed E-state index contributed by atoms with van der Waals surface area (Å²) in [4.78, 5) is 11.7. The third-order valence-electron chi connectivity index (χ3n) is 3.59. The van der Waals surface area contributed by atoms with Crippen LogP contribution in [0.3, 0.4) is 0 Å². The second-order valence-corrected chi connectivity index (χ2v) is 7.67. The number of benzene rings is 1. The van der Waals surface area contributed by atoms with Crippen LogP contribution >= 0.6 is 11.6 Å². The zero-order chi connectivity index (χ0) is 20.3. The highest BCUT2D eigenvalue weighted by Crippen LogP contribution is 2.31. The Morgan fingerprint density at radius 3 is 2.57 bits per heavy atom. The molecule has 1 unspecified atom stereocenters. The van der Waals surface area contributed by atoms with Gasteiger partial charge < -0.3 is 5.32 Å². The number of nitrogens with zero attached hydrogens (tertiary/aromatic N) is 3. The number of aromatic nitrogens is 3. The van der Waals surface area contributed by atoms with E-state index in [-0.39, 0.29) is 23.1 Å². The fourth-order valence-corrected chi connectivity index (χ4v) is 3.34. The Balaban J connectivity index is 2.01. The van der Waals surface area contributed by atoms with Gasteiger partial charge in [0.2, 0.25) is 0 Å². The first kappa shape index (κ1) is 20.2. The van der Waals surface area contributed by atoms with Crippen molar-refractivity contribution in [2.45, 2.75) is 11.9 Å². The fourth-order valence-electron chi connectivity index (χ4n) is 2.40. The van der Waals surface area contributed by atoms with Crippen molar-refractivity contribution in [1.29, 1.82) is 0 Å². The lowest BCUT2D eigenvalue weighted by molar-refractivity contribution is -0.141. The molecule has 0 saturated carbocycles. The van der Waals surface area contributed by atoms with Gasteiger partial charge in [-0.3, -0.25) is 9.19 Å². The molecule has 2 heterocycles. The number of anilines is 2. The minimum atomic E-state index is -4.65. The van der Waals surface area contributed by atoms with Crippen LogP contribution in [0.25, 0.3) is 11.5 Å². The van der Waals surface area contributed by atoms with Gasteiger partial charge in [0.1, 0.15) is 11.5 Å². The highest BCUT2D eigenvalue weighted by molar-refractivity contribution is 7.83. The number of hydrogen-bond acceptors (Lipinski definition) is 5. The second kappa shape index (κ2) is 8.24. The summed E-state index contributed by atoms with van der Waals surface area (Å²) in [5, 5.41) is 3.26. The van der Waals surface area contributed by atoms with E-state index in [9.17, 15) is 17.4 Å².